The Morgan fingerprint density at radius 2 is 1.73 bits per heavy atom. The van der Waals surface area contributed by atoms with Crippen molar-refractivity contribution in [1.29, 1.82) is 0 Å². The van der Waals surface area contributed by atoms with Crippen LogP contribution in [-0.4, -0.2) is 62.3 Å². The number of thiazole rings is 1. The molecule has 3 rings (SSSR count). The molecule has 2 aromatic carbocycles. The van der Waals surface area contributed by atoms with Crippen molar-refractivity contribution in [3.05, 3.63) is 48.0 Å². The quantitative estimate of drug-likeness (QED) is 0.433. The Morgan fingerprint density at radius 3 is 2.33 bits per heavy atom. The predicted molar refractivity (Wildman–Crippen MR) is 132 cm³/mol. The van der Waals surface area contributed by atoms with Crippen molar-refractivity contribution < 1.29 is 4.79 Å². The maximum absolute atomic E-state index is 13.5. The van der Waals surface area contributed by atoms with Gasteiger partial charge in [0, 0.05) is 43.3 Å². The number of aromatic nitrogens is 1. The minimum absolute atomic E-state index is 0.00257. The number of amides is 1. The molecule has 0 unspecified atom stereocenters. The van der Waals surface area contributed by atoms with Gasteiger partial charge < -0.3 is 9.80 Å². The Labute approximate surface area is 187 Å². The van der Waals surface area contributed by atoms with Crippen LogP contribution in [0, 0.1) is 0 Å². The van der Waals surface area contributed by atoms with E-state index in [2.05, 4.69) is 43.2 Å². The number of carbonyl (C=O) groups is 1. The lowest BCUT2D eigenvalue weighted by Gasteiger charge is -2.25. The molecule has 0 aliphatic rings. The standard InChI is InChI=1S/C23H30N4OS2/c1-6-26(7-2)15-16-27(22(28)17-11-13-18(14-12-17)25(3)4)23-24-21-19(29-5)9-8-10-20(21)30-23/h8-14H,6-7,15-16H2,1-5H3. The van der Waals surface area contributed by atoms with Gasteiger partial charge in [-0.25, -0.2) is 4.98 Å². The highest BCUT2D eigenvalue weighted by Gasteiger charge is 2.22. The van der Waals surface area contributed by atoms with Crippen molar-refractivity contribution in [2.45, 2.75) is 18.7 Å². The van der Waals surface area contributed by atoms with Crippen LogP contribution < -0.4 is 9.80 Å². The summed E-state index contributed by atoms with van der Waals surface area (Å²) >= 11 is 3.27. The third kappa shape index (κ3) is 4.96. The fraction of sp³-hybridized carbons (Fsp3) is 0.391. The maximum Gasteiger partial charge on any atom is 0.260 e. The SMILES string of the molecule is CCN(CC)CCN(C(=O)c1ccc(N(C)C)cc1)c1nc2c(SC)cccc2s1. The third-order valence-electron chi connectivity index (χ3n) is 5.23. The van der Waals surface area contributed by atoms with Crippen molar-refractivity contribution in [1.82, 2.24) is 9.88 Å². The molecule has 0 spiro atoms. The summed E-state index contributed by atoms with van der Waals surface area (Å²) in [4.78, 5) is 25.7. The van der Waals surface area contributed by atoms with E-state index in [4.69, 9.17) is 4.98 Å². The Kier molecular flexibility index (Phi) is 7.75. The first-order valence-electron chi connectivity index (χ1n) is 10.2. The average Bonchev–Trinajstić information content (AvgIpc) is 3.20. The van der Waals surface area contributed by atoms with Crippen LogP contribution in [0.1, 0.15) is 24.2 Å². The minimum Gasteiger partial charge on any atom is -0.378 e. The number of benzene rings is 2. The van der Waals surface area contributed by atoms with Gasteiger partial charge in [-0.2, -0.15) is 0 Å². The molecule has 0 saturated carbocycles. The molecule has 0 saturated heterocycles. The molecule has 0 fully saturated rings. The van der Waals surface area contributed by atoms with Crippen LogP contribution >= 0.6 is 23.1 Å². The molecule has 0 aliphatic carbocycles. The number of hydrogen-bond donors (Lipinski definition) is 0. The summed E-state index contributed by atoms with van der Waals surface area (Å²) in [5.74, 6) is -0.00257. The topological polar surface area (TPSA) is 39.7 Å². The number of rotatable bonds is 9. The summed E-state index contributed by atoms with van der Waals surface area (Å²) in [5.41, 5.74) is 2.74. The summed E-state index contributed by atoms with van der Waals surface area (Å²) in [6.07, 6.45) is 2.06. The summed E-state index contributed by atoms with van der Waals surface area (Å²) in [6.45, 7) is 7.67. The number of thioether (sulfide) groups is 1. The van der Waals surface area contributed by atoms with E-state index in [-0.39, 0.29) is 5.91 Å². The summed E-state index contributed by atoms with van der Waals surface area (Å²) < 4.78 is 1.11. The Balaban J connectivity index is 1.96. The number of likely N-dealkylation sites (N-methyl/N-ethyl adjacent to an activating group) is 1. The molecule has 5 nitrogen and oxygen atoms in total. The predicted octanol–water partition coefficient (Wildman–Crippen LogP) is 5.07. The maximum atomic E-state index is 13.5. The summed E-state index contributed by atoms with van der Waals surface area (Å²) in [6, 6.07) is 14.0. The number of nitrogens with zero attached hydrogens (tertiary/aromatic N) is 4. The molecule has 1 aromatic heterocycles. The van der Waals surface area contributed by atoms with Crippen molar-refractivity contribution in [3.8, 4) is 0 Å². The van der Waals surface area contributed by atoms with Crippen molar-refractivity contribution in [2.24, 2.45) is 0 Å². The fourth-order valence-corrected chi connectivity index (χ4v) is 4.96. The van der Waals surface area contributed by atoms with Gasteiger partial charge in [0.25, 0.3) is 5.91 Å². The van der Waals surface area contributed by atoms with Crippen LogP contribution in [0.3, 0.4) is 0 Å². The number of hydrogen-bond acceptors (Lipinski definition) is 6. The average molecular weight is 443 g/mol. The van der Waals surface area contributed by atoms with E-state index in [0.29, 0.717) is 12.1 Å². The highest BCUT2D eigenvalue weighted by atomic mass is 32.2. The van der Waals surface area contributed by atoms with Crippen LogP contribution in [-0.2, 0) is 0 Å². The lowest BCUT2D eigenvalue weighted by Crippen LogP contribution is -2.38. The molecule has 0 bridgehead atoms. The zero-order valence-electron chi connectivity index (χ0n) is 18.4. The van der Waals surface area contributed by atoms with E-state index in [1.54, 1.807) is 23.1 Å². The van der Waals surface area contributed by atoms with Gasteiger partial charge in [0.05, 0.1) is 10.2 Å². The molecular weight excluding hydrogens is 412 g/mol. The largest absolute Gasteiger partial charge is 0.378 e. The second kappa shape index (κ2) is 10.3. The highest BCUT2D eigenvalue weighted by molar-refractivity contribution is 7.98. The minimum atomic E-state index is -0.00257. The van der Waals surface area contributed by atoms with Crippen LogP contribution in [0.2, 0.25) is 0 Å². The van der Waals surface area contributed by atoms with Crippen molar-refractivity contribution in [2.75, 3.05) is 56.3 Å². The van der Waals surface area contributed by atoms with Crippen LogP contribution in [0.15, 0.2) is 47.4 Å². The Bertz CT molecular complexity index is 981. The summed E-state index contributed by atoms with van der Waals surface area (Å²) in [5, 5.41) is 0.764. The number of carbonyl (C=O) groups excluding carboxylic acids is 1. The van der Waals surface area contributed by atoms with Gasteiger partial charge in [0.1, 0.15) is 0 Å². The van der Waals surface area contributed by atoms with Crippen LogP contribution in [0.4, 0.5) is 10.8 Å². The molecule has 0 atom stereocenters. The van der Waals surface area contributed by atoms with E-state index in [1.807, 2.05) is 48.2 Å². The van der Waals surface area contributed by atoms with Gasteiger partial charge in [-0.1, -0.05) is 31.3 Å². The Morgan fingerprint density at radius 1 is 1.03 bits per heavy atom. The lowest BCUT2D eigenvalue weighted by molar-refractivity contribution is 0.0984. The fourth-order valence-electron chi connectivity index (χ4n) is 3.32. The molecule has 30 heavy (non-hydrogen) atoms. The molecule has 1 amide bonds. The first kappa shape index (κ1) is 22.6. The van der Waals surface area contributed by atoms with Crippen molar-refractivity contribution in [3.63, 3.8) is 0 Å². The van der Waals surface area contributed by atoms with Gasteiger partial charge in [0.2, 0.25) is 0 Å². The zero-order chi connectivity index (χ0) is 21.7. The number of anilines is 2. The van der Waals surface area contributed by atoms with Gasteiger partial charge in [-0.05, 0) is 55.7 Å². The molecule has 1 heterocycles. The van der Waals surface area contributed by atoms with E-state index < -0.39 is 0 Å². The molecule has 0 radical (unpaired) electrons. The second-order valence-corrected chi connectivity index (χ2v) is 9.09. The highest BCUT2D eigenvalue weighted by Crippen LogP contribution is 2.34. The van der Waals surface area contributed by atoms with Crippen LogP contribution in [0.25, 0.3) is 10.2 Å². The van der Waals surface area contributed by atoms with E-state index in [0.717, 1.165) is 45.6 Å². The third-order valence-corrected chi connectivity index (χ3v) is 7.04. The van der Waals surface area contributed by atoms with E-state index in [1.165, 1.54) is 0 Å². The first-order valence-corrected chi connectivity index (χ1v) is 12.3. The molecule has 0 aliphatic heterocycles. The molecule has 160 valence electrons. The number of para-hydroxylation sites is 1. The lowest BCUT2D eigenvalue weighted by atomic mass is 10.1. The van der Waals surface area contributed by atoms with E-state index in [9.17, 15) is 4.79 Å². The zero-order valence-corrected chi connectivity index (χ0v) is 20.0. The normalized spacial score (nSPS) is 11.3. The first-order chi connectivity index (χ1) is 14.5. The van der Waals surface area contributed by atoms with Crippen LogP contribution in [0.5, 0.6) is 0 Å². The second-order valence-electron chi connectivity index (χ2n) is 7.23. The van der Waals surface area contributed by atoms with Gasteiger partial charge in [-0.3, -0.25) is 9.69 Å². The molecule has 7 heteroatoms. The van der Waals surface area contributed by atoms with Crippen molar-refractivity contribution >= 4 is 50.0 Å². The van der Waals surface area contributed by atoms with Gasteiger partial charge in [0.15, 0.2) is 5.13 Å². The molecular formula is C23H30N4OS2. The number of fused-ring (bicyclic) bond motifs is 1. The van der Waals surface area contributed by atoms with E-state index >= 15 is 0 Å². The van der Waals surface area contributed by atoms with Gasteiger partial charge >= 0.3 is 0 Å². The molecule has 3 aromatic rings. The smallest absolute Gasteiger partial charge is 0.260 e. The Hall–Kier alpha value is -2.09. The monoisotopic (exact) mass is 442 g/mol. The molecule has 0 N–H and O–H groups in total. The summed E-state index contributed by atoms with van der Waals surface area (Å²) in [7, 11) is 4.00. The van der Waals surface area contributed by atoms with Gasteiger partial charge in [-0.15, -0.1) is 11.8 Å².